The Morgan fingerprint density at radius 3 is 2.46 bits per heavy atom. The van der Waals surface area contributed by atoms with Crippen molar-refractivity contribution in [3.05, 3.63) is 35.4 Å². The molecule has 7 heteroatoms. The summed E-state index contributed by atoms with van der Waals surface area (Å²) in [5.74, 6) is 0.523. The van der Waals surface area contributed by atoms with Gasteiger partial charge in [0.25, 0.3) is 0 Å². The fourth-order valence-electron chi connectivity index (χ4n) is 4.80. The molecule has 154 valence electrons. The number of nitrogens with zero attached hydrogens (tertiary/aromatic N) is 2. The van der Waals surface area contributed by atoms with Crippen LogP contribution in [0.2, 0.25) is 0 Å². The maximum atomic E-state index is 13.0. The monoisotopic (exact) mass is 395 g/mol. The molecule has 2 aliphatic heterocycles. The molecule has 28 heavy (non-hydrogen) atoms. The highest BCUT2D eigenvalue weighted by Gasteiger charge is 2.58. The first-order chi connectivity index (χ1) is 13.4. The Kier molecular flexibility index (Phi) is 5.40. The van der Waals surface area contributed by atoms with Crippen LogP contribution in [0, 0.1) is 11.3 Å². The maximum Gasteiger partial charge on any atom is 0.416 e. The minimum atomic E-state index is -4.30. The third kappa shape index (κ3) is 4.20. The first kappa shape index (κ1) is 19.7. The third-order valence-electron chi connectivity index (χ3n) is 6.67. The number of hydrogen-bond acceptors (Lipinski definition) is 3. The van der Waals surface area contributed by atoms with Crippen molar-refractivity contribution in [3.8, 4) is 0 Å². The Morgan fingerprint density at radius 1 is 1.07 bits per heavy atom. The SMILES string of the molecule is O=C(C1CC12CCNCC2)N1CCCN(Cc2ccc(C(F)(F)F)cc2)CC1. The van der Waals surface area contributed by atoms with E-state index < -0.39 is 11.7 Å². The second-order valence-corrected chi connectivity index (χ2v) is 8.52. The van der Waals surface area contributed by atoms with E-state index in [9.17, 15) is 18.0 Å². The zero-order valence-electron chi connectivity index (χ0n) is 16.1. The van der Waals surface area contributed by atoms with Crippen molar-refractivity contribution in [2.24, 2.45) is 11.3 Å². The van der Waals surface area contributed by atoms with Gasteiger partial charge in [0.2, 0.25) is 5.91 Å². The van der Waals surface area contributed by atoms with E-state index in [2.05, 4.69) is 10.2 Å². The van der Waals surface area contributed by atoms with Crippen LogP contribution in [0.4, 0.5) is 13.2 Å². The van der Waals surface area contributed by atoms with E-state index in [4.69, 9.17) is 0 Å². The van der Waals surface area contributed by atoms with Crippen molar-refractivity contribution < 1.29 is 18.0 Å². The molecular formula is C21H28F3N3O. The Balaban J connectivity index is 1.30. The van der Waals surface area contributed by atoms with Gasteiger partial charge >= 0.3 is 6.18 Å². The van der Waals surface area contributed by atoms with E-state index >= 15 is 0 Å². The fourth-order valence-corrected chi connectivity index (χ4v) is 4.80. The molecule has 0 bridgehead atoms. The first-order valence-corrected chi connectivity index (χ1v) is 10.3. The molecule has 1 saturated carbocycles. The van der Waals surface area contributed by atoms with Crippen molar-refractivity contribution in [3.63, 3.8) is 0 Å². The van der Waals surface area contributed by atoms with Crippen LogP contribution in [0.3, 0.4) is 0 Å². The number of nitrogens with one attached hydrogen (secondary N) is 1. The van der Waals surface area contributed by atoms with E-state index in [0.29, 0.717) is 19.0 Å². The summed E-state index contributed by atoms with van der Waals surface area (Å²) in [5.41, 5.74) is 0.526. The van der Waals surface area contributed by atoms with E-state index in [1.165, 1.54) is 0 Å². The first-order valence-electron chi connectivity index (χ1n) is 10.3. The van der Waals surface area contributed by atoms with Gasteiger partial charge in [0.1, 0.15) is 0 Å². The molecule has 4 rings (SSSR count). The highest BCUT2D eigenvalue weighted by molar-refractivity contribution is 5.82. The van der Waals surface area contributed by atoms with Gasteiger partial charge in [-0.2, -0.15) is 13.2 Å². The molecule has 1 unspecified atom stereocenters. The molecule has 1 N–H and O–H groups in total. The highest BCUT2D eigenvalue weighted by atomic mass is 19.4. The van der Waals surface area contributed by atoms with Crippen LogP contribution in [0.15, 0.2) is 24.3 Å². The van der Waals surface area contributed by atoms with Gasteiger partial charge in [-0.15, -0.1) is 0 Å². The molecule has 1 spiro atoms. The van der Waals surface area contributed by atoms with Crippen LogP contribution in [0.1, 0.15) is 36.8 Å². The number of halogens is 3. The van der Waals surface area contributed by atoms with E-state index in [-0.39, 0.29) is 11.3 Å². The lowest BCUT2D eigenvalue weighted by atomic mass is 9.91. The van der Waals surface area contributed by atoms with Crippen LogP contribution in [-0.2, 0) is 17.5 Å². The van der Waals surface area contributed by atoms with Gasteiger partial charge in [0.15, 0.2) is 0 Å². The van der Waals surface area contributed by atoms with E-state index in [1.54, 1.807) is 12.1 Å². The molecule has 3 fully saturated rings. The number of rotatable bonds is 3. The second-order valence-electron chi connectivity index (χ2n) is 8.52. The lowest BCUT2D eigenvalue weighted by molar-refractivity contribution is -0.137. The van der Waals surface area contributed by atoms with Crippen LogP contribution >= 0.6 is 0 Å². The molecule has 3 aliphatic rings. The number of amides is 1. The molecule has 1 aliphatic carbocycles. The average molecular weight is 395 g/mol. The predicted molar refractivity (Wildman–Crippen MR) is 101 cm³/mol. The Morgan fingerprint density at radius 2 is 1.79 bits per heavy atom. The maximum absolute atomic E-state index is 13.0. The largest absolute Gasteiger partial charge is 0.416 e. The Bertz CT molecular complexity index is 698. The van der Waals surface area contributed by atoms with Crippen LogP contribution in [0.25, 0.3) is 0 Å². The minimum Gasteiger partial charge on any atom is -0.341 e. The second kappa shape index (κ2) is 7.67. The Hall–Kier alpha value is -1.60. The summed E-state index contributed by atoms with van der Waals surface area (Å²) < 4.78 is 38.1. The number of benzene rings is 1. The standard InChI is InChI=1S/C21H28F3N3O/c22-21(23,24)17-4-2-16(3-5-17)15-26-10-1-11-27(13-12-26)19(28)18-14-20(18)6-8-25-9-7-20/h2-5,18,25H,1,6-15H2. The van der Waals surface area contributed by atoms with Crippen LogP contribution in [0.5, 0.6) is 0 Å². The Labute approximate surface area is 164 Å². The molecule has 2 saturated heterocycles. The zero-order valence-corrected chi connectivity index (χ0v) is 16.1. The molecule has 1 aromatic carbocycles. The van der Waals surface area contributed by atoms with Crippen LogP contribution < -0.4 is 5.32 Å². The van der Waals surface area contributed by atoms with Gasteiger partial charge in [-0.3, -0.25) is 9.69 Å². The number of piperidine rings is 1. The van der Waals surface area contributed by atoms with E-state index in [1.807, 2.05) is 4.90 Å². The lowest BCUT2D eigenvalue weighted by Crippen LogP contribution is -2.38. The number of hydrogen-bond donors (Lipinski definition) is 1. The molecule has 4 nitrogen and oxygen atoms in total. The zero-order chi connectivity index (χ0) is 19.8. The fraction of sp³-hybridized carbons (Fsp3) is 0.667. The minimum absolute atomic E-state index is 0.205. The molecule has 1 aromatic rings. The molecule has 1 atom stereocenters. The van der Waals surface area contributed by atoms with E-state index in [0.717, 1.165) is 76.1 Å². The van der Waals surface area contributed by atoms with Gasteiger partial charge in [-0.05, 0) is 61.9 Å². The van der Waals surface area contributed by atoms with Crippen molar-refractivity contribution in [2.45, 2.75) is 38.4 Å². The van der Waals surface area contributed by atoms with Gasteiger partial charge in [0.05, 0.1) is 5.56 Å². The smallest absolute Gasteiger partial charge is 0.341 e. The summed E-state index contributed by atoms with van der Waals surface area (Å²) in [5, 5.41) is 3.38. The molecule has 2 heterocycles. The van der Waals surface area contributed by atoms with Gasteiger partial charge in [-0.1, -0.05) is 12.1 Å². The molecule has 1 amide bonds. The topological polar surface area (TPSA) is 35.6 Å². The van der Waals surface area contributed by atoms with Crippen LogP contribution in [-0.4, -0.2) is 55.0 Å². The quantitative estimate of drug-likeness (QED) is 0.854. The number of carbonyl (C=O) groups is 1. The lowest BCUT2D eigenvalue weighted by Gasteiger charge is -2.26. The average Bonchev–Trinajstić information content (AvgIpc) is 3.41. The summed E-state index contributed by atoms with van der Waals surface area (Å²) in [6.45, 7) is 5.80. The summed E-state index contributed by atoms with van der Waals surface area (Å²) in [4.78, 5) is 17.2. The number of alkyl halides is 3. The van der Waals surface area contributed by atoms with Gasteiger partial charge in [-0.25, -0.2) is 0 Å². The van der Waals surface area contributed by atoms with Crippen molar-refractivity contribution in [1.29, 1.82) is 0 Å². The summed E-state index contributed by atoms with van der Waals surface area (Å²) in [6, 6.07) is 5.41. The van der Waals surface area contributed by atoms with Gasteiger partial charge < -0.3 is 10.2 Å². The van der Waals surface area contributed by atoms with Crippen molar-refractivity contribution in [2.75, 3.05) is 39.3 Å². The molecule has 0 radical (unpaired) electrons. The molecular weight excluding hydrogens is 367 g/mol. The number of carbonyl (C=O) groups excluding carboxylic acids is 1. The highest BCUT2D eigenvalue weighted by Crippen LogP contribution is 2.59. The summed E-state index contributed by atoms with van der Waals surface area (Å²) in [7, 11) is 0. The normalized spacial score (nSPS) is 25.5. The van der Waals surface area contributed by atoms with Crippen molar-refractivity contribution >= 4 is 5.91 Å². The third-order valence-corrected chi connectivity index (χ3v) is 6.67. The summed E-state index contributed by atoms with van der Waals surface area (Å²) >= 11 is 0. The van der Waals surface area contributed by atoms with Gasteiger partial charge in [0, 0.05) is 38.6 Å². The predicted octanol–water partition coefficient (Wildman–Crippen LogP) is 3.13. The van der Waals surface area contributed by atoms with Crippen molar-refractivity contribution in [1.82, 2.24) is 15.1 Å². The summed E-state index contributed by atoms with van der Waals surface area (Å²) in [6.07, 6.45) is -0.127. The molecule has 0 aromatic heterocycles.